The molecule has 0 radical (unpaired) electrons. The van der Waals surface area contributed by atoms with Gasteiger partial charge in [0.05, 0.1) is 0 Å². The Labute approximate surface area is 73.5 Å². The Bertz CT molecular complexity index is 150. The minimum atomic E-state index is -0.443. The Morgan fingerprint density at radius 2 is 2.08 bits per heavy atom. The van der Waals surface area contributed by atoms with Crippen molar-refractivity contribution in [2.75, 3.05) is 6.54 Å². The van der Waals surface area contributed by atoms with Crippen LogP contribution in [0.5, 0.6) is 0 Å². The largest absolute Gasteiger partial charge is 0.444 e. The van der Waals surface area contributed by atoms with Gasteiger partial charge in [0.2, 0.25) is 0 Å². The number of amides is 1. The zero-order valence-electron chi connectivity index (χ0n) is 8.18. The normalized spacial score (nSPS) is 13.8. The van der Waals surface area contributed by atoms with Crippen molar-refractivity contribution in [2.24, 2.45) is 5.73 Å². The molecule has 0 fully saturated rings. The molecule has 0 saturated carbocycles. The fraction of sp³-hybridized carbons (Fsp3) is 0.875. The van der Waals surface area contributed by atoms with Crippen LogP contribution in [0, 0.1) is 0 Å². The van der Waals surface area contributed by atoms with Crippen molar-refractivity contribution in [1.29, 1.82) is 0 Å². The molecule has 0 aromatic carbocycles. The lowest BCUT2D eigenvalue weighted by Gasteiger charge is -2.20. The second-order valence-corrected chi connectivity index (χ2v) is 3.86. The lowest BCUT2D eigenvalue weighted by molar-refractivity contribution is 0.0525. The topological polar surface area (TPSA) is 64.3 Å². The van der Waals surface area contributed by atoms with E-state index >= 15 is 0 Å². The molecule has 12 heavy (non-hydrogen) atoms. The van der Waals surface area contributed by atoms with E-state index in [9.17, 15) is 4.79 Å². The maximum Gasteiger partial charge on any atom is 0.407 e. The molecule has 1 atom stereocenters. The second-order valence-electron chi connectivity index (χ2n) is 3.86. The number of hydrogen-bond donors (Lipinski definition) is 2. The van der Waals surface area contributed by atoms with Crippen LogP contribution < -0.4 is 11.1 Å². The Hall–Kier alpha value is -0.770. The molecule has 0 aliphatic carbocycles. The Kier molecular flexibility index (Phi) is 4.03. The molecular weight excluding hydrogens is 156 g/mol. The van der Waals surface area contributed by atoms with Crippen LogP contribution in [0.4, 0.5) is 4.79 Å². The van der Waals surface area contributed by atoms with Gasteiger partial charge in [0, 0.05) is 12.6 Å². The number of hydrogen-bond acceptors (Lipinski definition) is 3. The maximum absolute atomic E-state index is 11.0. The molecule has 0 aliphatic rings. The minimum Gasteiger partial charge on any atom is -0.444 e. The van der Waals surface area contributed by atoms with Crippen LogP contribution in [-0.2, 0) is 4.74 Å². The summed E-state index contributed by atoms with van der Waals surface area (Å²) in [6.45, 7) is 7.71. The summed E-state index contributed by atoms with van der Waals surface area (Å²) in [6.07, 6.45) is -0.417. The zero-order chi connectivity index (χ0) is 9.78. The highest BCUT2D eigenvalue weighted by molar-refractivity contribution is 5.67. The van der Waals surface area contributed by atoms with Crippen molar-refractivity contribution < 1.29 is 9.53 Å². The molecular formula is C8H18N2O2. The SMILES string of the molecule is C[C@@H](N)CNC(=O)OC(C)(C)C. The summed E-state index contributed by atoms with van der Waals surface area (Å²) in [5, 5.41) is 2.55. The van der Waals surface area contributed by atoms with Gasteiger partial charge in [0.15, 0.2) is 0 Å². The van der Waals surface area contributed by atoms with Gasteiger partial charge < -0.3 is 15.8 Å². The smallest absolute Gasteiger partial charge is 0.407 e. The zero-order valence-corrected chi connectivity index (χ0v) is 8.18. The summed E-state index contributed by atoms with van der Waals surface area (Å²) in [5.41, 5.74) is 4.99. The highest BCUT2D eigenvalue weighted by Gasteiger charge is 2.15. The summed E-state index contributed by atoms with van der Waals surface area (Å²) in [5.74, 6) is 0. The molecule has 0 rings (SSSR count). The van der Waals surface area contributed by atoms with Crippen LogP contribution >= 0.6 is 0 Å². The van der Waals surface area contributed by atoms with Crippen molar-refractivity contribution in [2.45, 2.75) is 39.3 Å². The van der Waals surface area contributed by atoms with E-state index in [1.165, 1.54) is 0 Å². The second kappa shape index (κ2) is 4.30. The average molecular weight is 174 g/mol. The van der Waals surface area contributed by atoms with Gasteiger partial charge in [-0.2, -0.15) is 0 Å². The number of carbonyl (C=O) groups excluding carboxylic acids is 1. The molecule has 0 unspecified atom stereocenters. The van der Waals surface area contributed by atoms with E-state index in [0.717, 1.165) is 0 Å². The first-order valence-corrected chi connectivity index (χ1v) is 4.03. The fourth-order valence-corrected chi connectivity index (χ4v) is 0.558. The van der Waals surface area contributed by atoms with E-state index in [4.69, 9.17) is 10.5 Å². The van der Waals surface area contributed by atoms with Gasteiger partial charge in [-0.1, -0.05) is 0 Å². The van der Waals surface area contributed by atoms with E-state index in [-0.39, 0.29) is 6.04 Å². The van der Waals surface area contributed by atoms with Gasteiger partial charge in [-0.25, -0.2) is 4.79 Å². The molecule has 0 bridgehead atoms. The number of alkyl carbamates (subject to hydrolysis) is 1. The van der Waals surface area contributed by atoms with Crippen molar-refractivity contribution in [3.63, 3.8) is 0 Å². The van der Waals surface area contributed by atoms with Gasteiger partial charge in [-0.3, -0.25) is 0 Å². The van der Waals surface area contributed by atoms with Crippen molar-refractivity contribution in [3.8, 4) is 0 Å². The summed E-state index contributed by atoms with van der Waals surface area (Å²) in [4.78, 5) is 11.0. The summed E-state index contributed by atoms with van der Waals surface area (Å²) in [6, 6.07) is -0.0440. The molecule has 72 valence electrons. The van der Waals surface area contributed by atoms with Gasteiger partial charge in [0.25, 0.3) is 0 Å². The van der Waals surface area contributed by atoms with E-state index < -0.39 is 11.7 Å². The highest BCUT2D eigenvalue weighted by atomic mass is 16.6. The van der Waals surface area contributed by atoms with Crippen LogP contribution in [-0.4, -0.2) is 24.3 Å². The molecule has 0 spiro atoms. The predicted octanol–water partition coefficient (Wildman–Crippen LogP) is 0.858. The predicted molar refractivity (Wildman–Crippen MR) is 47.9 cm³/mol. The molecule has 0 aromatic heterocycles. The Morgan fingerprint density at radius 3 is 2.42 bits per heavy atom. The summed E-state index contributed by atoms with van der Waals surface area (Å²) >= 11 is 0. The van der Waals surface area contributed by atoms with Crippen molar-refractivity contribution in [1.82, 2.24) is 5.32 Å². The quantitative estimate of drug-likeness (QED) is 0.652. The first-order chi connectivity index (χ1) is 5.31. The third kappa shape index (κ3) is 7.34. The van der Waals surface area contributed by atoms with Crippen LogP contribution in [0.3, 0.4) is 0 Å². The standard InChI is InChI=1S/C8H18N2O2/c1-6(9)5-10-7(11)12-8(2,3)4/h6H,5,9H2,1-4H3,(H,10,11)/t6-/m1/s1. The van der Waals surface area contributed by atoms with Gasteiger partial charge in [0.1, 0.15) is 5.60 Å². The molecule has 0 saturated heterocycles. The summed E-state index contributed by atoms with van der Waals surface area (Å²) < 4.78 is 4.98. The number of rotatable bonds is 2. The maximum atomic E-state index is 11.0. The molecule has 4 nitrogen and oxygen atoms in total. The van der Waals surface area contributed by atoms with Crippen molar-refractivity contribution >= 4 is 6.09 Å². The van der Waals surface area contributed by atoms with Gasteiger partial charge in [-0.15, -0.1) is 0 Å². The molecule has 4 heteroatoms. The third-order valence-corrected chi connectivity index (χ3v) is 0.967. The van der Waals surface area contributed by atoms with Gasteiger partial charge in [-0.05, 0) is 27.7 Å². The first kappa shape index (κ1) is 11.2. The number of ether oxygens (including phenoxy) is 1. The molecule has 3 N–H and O–H groups in total. The van der Waals surface area contributed by atoms with Crippen LogP contribution in [0.2, 0.25) is 0 Å². The molecule has 0 aliphatic heterocycles. The van der Waals surface area contributed by atoms with E-state index in [1.54, 1.807) is 0 Å². The number of carbonyl (C=O) groups is 1. The van der Waals surface area contributed by atoms with Crippen LogP contribution in [0.25, 0.3) is 0 Å². The monoisotopic (exact) mass is 174 g/mol. The van der Waals surface area contributed by atoms with Crippen LogP contribution in [0.1, 0.15) is 27.7 Å². The Morgan fingerprint density at radius 1 is 1.58 bits per heavy atom. The lowest BCUT2D eigenvalue weighted by Crippen LogP contribution is -2.38. The van der Waals surface area contributed by atoms with E-state index in [0.29, 0.717) is 6.54 Å². The summed E-state index contributed by atoms with van der Waals surface area (Å²) in [7, 11) is 0. The average Bonchev–Trinajstić information content (AvgIpc) is 1.79. The minimum absolute atomic E-state index is 0.0440. The third-order valence-electron chi connectivity index (χ3n) is 0.967. The van der Waals surface area contributed by atoms with Crippen molar-refractivity contribution in [3.05, 3.63) is 0 Å². The van der Waals surface area contributed by atoms with E-state index in [2.05, 4.69) is 5.32 Å². The lowest BCUT2D eigenvalue weighted by atomic mass is 10.2. The number of nitrogens with two attached hydrogens (primary N) is 1. The molecule has 0 aromatic rings. The molecule has 0 heterocycles. The van der Waals surface area contributed by atoms with Gasteiger partial charge >= 0.3 is 6.09 Å². The van der Waals surface area contributed by atoms with Crippen LogP contribution in [0.15, 0.2) is 0 Å². The molecule has 1 amide bonds. The fourth-order valence-electron chi connectivity index (χ4n) is 0.558. The first-order valence-electron chi connectivity index (χ1n) is 4.03. The highest BCUT2D eigenvalue weighted by Crippen LogP contribution is 2.05. The Balaban J connectivity index is 3.61. The van der Waals surface area contributed by atoms with E-state index in [1.807, 2.05) is 27.7 Å². The number of nitrogens with one attached hydrogen (secondary N) is 1.